The van der Waals surface area contributed by atoms with E-state index in [4.69, 9.17) is 10.2 Å². The van der Waals surface area contributed by atoms with Crippen LogP contribution in [-0.4, -0.2) is 18.5 Å². The standard InChI is InChI=1S/C11H18N2O2/c1-8(2)5-10(12)6-13-11(14)9-3-4-15-7-9/h3-4,7-8,10H,5-6,12H2,1-2H3,(H,13,14). The Balaban J connectivity index is 2.28. The molecule has 84 valence electrons. The first-order valence-corrected chi connectivity index (χ1v) is 5.15. The van der Waals surface area contributed by atoms with E-state index in [9.17, 15) is 4.79 Å². The van der Waals surface area contributed by atoms with Gasteiger partial charge >= 0.3 is 0 Å². The lowest BCUT2D eigenvalue weighted by Gasteiger charge is -2.14. The highest BCUT2D eigenvalue weighted by Crippen LogP contribution is 2.02. The molecular formula is C11H18N2O2. The van der Waals surface area contributed by atoms with Crippen LogP contribution in [0.3, 0.4) is 0 Å². The van der Waals surface area contributed by atoms with Crippen LogP contribution in [0.5, 0.6) is 0 Å². The van der Waals surface area contributed by atoms with Gasteiger partial charge in [-0.1, -0.05) is 13.8 Å². The molecule has 1 rings (SSSR count). The first-order chi connectivity index (χ1) is 7.09. The number of rotatable bonds is 5. The summed E-state index contributed by atoms with van der Waals surface area (Å²) in [6, 6.07) is 1.64. The highest BCUT2D eigenvalue weighted by Gasteiger charge is 2.09. The summed E-state index contributed by atoms with van der Waals surface area (Å²) in [5, 5.41) is 2.77. The summed E-state index contributed by atoms with van der Waals surface area (Å²) < 4.78 is 4.81. The molecular weight excluding hydrogens is 192 g/mol. The Hall–Kier alpha value is -1.29. The second-order valence-corrected chi connectivity index (χ2v) is 4.11. The van der Waals surface area contributed by atoms with Crippen molar-refractivity contribution >= 4 is 5.91 Å². The first kappa shape index (κ1) is 11.8. The number of nitrogens with one attached hydrogen (secondary N) is 1. The van der Waals surface area contributed by atoms with Crippen molar-refractivity contribution in [1.82, 2.24) is 5.32 Å². The summed E-state index contributed by atoms with van der Waals surface area (Å²) in [5.74, 6) is 0.411. The molecule has 1 unspecified atom stereocenters. The van der Waals surface area contributed by atoms with Crippen molar-refractivity contribution < 1.29 is 9.21 Å². The van der Waals surface area contributed by atoms with Crippen LogP contribution in [0.2, 0.25) is 0 Å². The van der Waals surface area contributed by atoms with Gasteiger partial charge in [0, 0.05) is 12.6 Å². The Morgan fingerprint density at radius 3 is 2.87 bits per heavy atom. The summed E-state index contributed by atoms with van der Waals surface area (Å²) in [7, 11) is 0. The van der Waals surface area contributed by atoms with Gasteiger partial charge in [-0.05, 0) is 18.4 Å². The lowest BCUT2D eigenvalue weighted by atomic mass is 10.0. The van der Waals surface area contributed by atoms with E-state index < -0.39 is 0 Å². The predicted molar refractivity (Wildman–Crippen MR) is 58.5 cm³/mol. The summed E-state index contributed by atoms with van der Waals surface area (Å²) in [5.41, 5.74) is 6.37. The molecule has 4 nitrogen and oxygen atoms in total. The molecule has 0 saturated carbocycles. The van der Waals surface area contributed by atoms with E-state index in [-0.39, 0.29) is 11.9 Å². The van der Waals surface area contributed by atoms with E-state index in [0.29, 0.717) is 18.0 Å². The van der Waals surface area contributed by atoms with Gasteiger partial charge in [-0.2, -0.15) is 0 Å². The molecule has 3 N–H and O–H groups in total. The van der Waals surface area contributed by atoms with Crippen molar-refractivity contribution in [3.63, 3.8) is 0 Å². The molecule has 0 aliphatic heterocycles. The van der Waals surface area contributed by atoms with Crippen LogP contribution in [0, 0.1) is 5.92 Å². The highest BCUT2D eigenvalue weighted by molar-refractivity contribution is 5.93. The van der Waals surface area contributed by atoms with Gasteiger partial charge in [0.05, 0.1) is 11.8 Å². The Morgan fingerprint density at radius 1 is 1.60 bits per heavy atom. The summed E-state index contributed by atoms with van der Waals surface area (Å²) in [6.45, 7) is 4.72. The quantitative estimate of drug-likeness (QED) is 0.771. The molecule has 1 heterocycles. The zero-order valence-corrected chi connectivity index (χ0v) is 9.19. The molecule has 1 amide bonds. The van der Waals surface area contributed by atoms with E-state index in [1.165, 1.54) is 12.5 Å². The molecule has 0 saturated heterocycles. The lowest BCUT2D eigenvalue weighted by Crippen LogP contribution is -2.37. The van der Waals surface area contributed by atoms with Gasteiger partial charge < -0.3 is 15.5 Å². The molecule has 0 spiro atoms. The molecule has 0 aliphatic rings. The Morgan fingerprint density at radius 2 is 2.33 bits per heavy atom. The SMILES string of the molecule is CC(C)CC(N)CNC(=O)c1ccoc1. The van der Waals surface area contributed by atoms with Crippen LogP contribution < -0.4 is 11.1 Å². The first-order valence-electron chi connectivity index (χ1n) is 5.15. The molecule has 0 fully saturated rings. The second-order valence-electron chi connectivity index (χ2n) is 4.11. The fourth-order valence-corrected chi connectivity index (χ4v) is 1.41. The third-order valence-corrected chi connectivity index (χ3v) is 2.08. The van der Waals surface area contributed by atoms with Gasteiger partial charge in [0.15, 0.2) is 0 Å². The number of amides is 1. The van der Waals surface area contributed by atoms with Gasteiger partial charge in [0.2, 0.25) is 0 Å². The van der Waals surface area contributed by atoms with Gasteiger partial charge in [0.25, 0.3) is 5.91 Å². The van der Waals surface area contributed by atoms with Crippen molar-refractivity contribution in [2.45, 2.75) is 26.3 Å². The molecule has 15 heavy (non-hydrogen) atoms. The molecule has 4 heteroatoms. The number of hydrogen-bond donors (Lipinski definition) is 2. The zero-order valence-electron chi connectivity index (χ0n) is 9.19. The number of hydrogen-bond acceptors (Lipinski definition) is 3. The Labute approximate surface area is 89.8 Å². The maximum atomic E-state index is 11.5. The van der Waals surface area contributed by atoms with E-state index in [2.05, 4.69) is 19.2 Å². The van der Waals surface area contributed by atoms with Gasteiger partial charge in [0.1, 0.15) is 6.26 Å². The predicted octanol–water partition coefficient (Wildman–Crippen LogP) is 1.38. The molecule has 1 aromatic rings. The van der Waals surface area contributed by atoms with Gasteiger partial charge in [-0.15, -0.1) is 0 Å². The molecule has 0 aliphatic carbocycles. The zero-order chi connectivity index (χ0) is 11.3. The van der Waals surface area contributed by atoms with Gasteiger partial charge in [-0.25, -0.2) is 0 Å². The lowest BCUT2D eigenvalue weighted by molar-refractivity contribution is 0.0949. The minimum Gasteiger partial charge on any atom is -0.472 e. The van der Waals surface area contributed by atoms with Crippen LogP contribution in [0.4, 0.5) is 0 Å². The fraction of sp³-hybridized carbons (Fsp3) is 0.545. The van der Waals surface area contributed by atoms with Crippen molar-refractivity contribution in [2.24, 2.45) is 11.7 Å². The van der Waals surface area contributed by atoms with Crippen molar-refractivity contribution in [3.05, 3.63) is 24.2 Å². The van der Waals surface area contributed by atoms with Crippen molar-refractivity contribution in [2.75, 3.05) is 6.54 Å². The Bertz CT molecular complexity index is 294. The van der Waals surface area contributed by atoms with E-state index in [1.807, 2.05) is 0 Å². The van der Waals surface area contributed by atoms with Crippen LogP contribution >= 0.6 is 0 Å². The number of nitrogens with two attached hydrogens (primary N) is 1. The topological polar surface area (TPSA) is 68.3 Å². The minimum absolute atomic E-state index is 0.0147. The maximum absolute atomic E-state index is 11.5. The Kier molecular flexibility index (Phi) is 4.37. The second kappa shape index (κ2) is 5.56. The third-order valence-electron chi connectivity index (χ3n) is 2.08. The average Bonchev–Trinajstić information content (AvgIpc) is 2.65. The summed E-state index contributed by atoms with van der Waals surface area (Å²) in [4.78, 5) is 11.5. The van der Waals surface area contributed by atoms with E-state index >= 15 is 0 Å². The normalized spacial score (nSPS) is 12.8. The highest BCUT2D eigenvalue weighted by atomic mass is 16.3. The third kappa shape index (κ3) is 4.16. The fourth-order valence-electron chi connectivity index (χ4n) is 1.41. The molecule has 0 aromatic carbocycles. The van der Waals surface area contributed by atoms with E-state index in [0.717, 1.165) is 6.42 Å². The smallest absolute Gasteiger partial charge is 0.254 e. The maximum Gasteiger partial charge on any atom is 0.254 e. The summed E-state index contributed by atoms with van der Waals surface area (Å²) in [6.07, 6.45) is 3.80. The minimum atomic E-state index is -0.136. The number of furan rings is 1. The van der Waals surface area contributed by atoms with Crippen LogP contribution in [-0.2, 0) is 0 Å². The van der Waals surface area contributed by atoms with Crippen LogP contribution in [0.1, 0.15) is 30.6 Å². The summed E-state index contributed by atoms with van der Waals surface area (Å²) >= 11 is 0. The largest absolute Gasteiger partial charge is 0.472 e. The van der Waals surface area contributed by atoms with E-state index in [1.54, 1.807) is 6.07 Å². The van der Waals surface area contributed by atoms with Gasteiger partial charge in [-0.3, -0.25) is 4.79 Å². The molecule has 1 atom stereocenters. The number of carbonyl (C=O) groups excluding carboxylic acids is 1. The average molecular weight is 210 g/mol. The van der Waals surface area contributed by atoms with Crippen LogP contribution in [0.25, 0.3) is 0 Å². The number of carbonyl (C=O) groups is 1. The molecule has 0 bridgehead atoms. The molecule has 1 aromatic heterocycles. The van der Waals surface area contributed by atoms with Crippen molar-refractivity contribution in [3.8, 4) is 0 Å². The molecule has 0 radical (unpaired) electrons. The van der Waals surface area contributed by atoms with Crippen LogP contribution in [0.15, 0.2) is 23.0 Å². The van der Waals surface area contributed by atoms with Crippen molar-refractivity contribution in [1.29, 1.82) is 0 Å². The monoisotopic (exact) mass is 210 g/mol.